The van der Waals surface area contributed by atoms with Crippen LogP contribution in [0.3, 0.4) is 0 Å². The highest BCUT2D eigenvalue weighted by Crippen LogP contribution is 2.39. The molecule has 12 rings (SSSR count). The molecule has 0 spiro atoms. The minimum atomic E-state index is 0.769. The van der Waals surface area contributed by atoms with Crippen molar-refractivity contribution in [2.75, 3.05) is 0 Å². The first-order valence-electron chi connectivity index (χ1n) is 38.2. The van der Waals surface area contributed by atoms with Crippen molar-refractivity contribution in [3.8, 4) is 33.4 Å². The Morgan fingerprint density at radius 2 is 0.573 bits per heavy atom. The van der Waals surface area contributed by atoms with Gasteiger partial charge in [0.1, 0.15) is 0 Å². The molecule has 9 aromatic carbocycles. The summed E-state index contributed by atoms with van der Waals surface area (Å²) in [6.07, 6.45) is 31.4. The molecule has 0 atom stereocenters. The van der Waals surface area contributed by atoms with Gasteiger partial charge in [-0.3, -0.25) is 0 Å². The Bertz CT molecular complexity index is 3860. The Morgan fingerprint density at radius 1 is 0.250 bits per heavy atom. The molecule has 9 aromatic rings. The highest BCUT2D eigenvalue weighted by molar-refractivity contribution is 5.70. The van der Waals surface area contributed by atoms with E-state index in [0.29, 0.717) is 0 Å². The summed E-state index contributed by atoms with van der Waals surface area (Å²) in [5.41, 5.74) is 34.2. The van der Waals surface area contributed by atoms with Gasteiger partial charge in [-0.1, -0.05) is 271 Å². The second kappa shape index (κ2) is 35.5. The second-order valence-electron chi connectivity index (χ2n) is 31.2. The Morgan fingerprint density at radius 3 is 1.00 bits per heavy atom. The number of unbranched alkanes of at least 4 members (excludes halogenated alkanes) is 2. The third-order valence-corrected chi connectivity index (χ3v) is 23.0. The minimum absolute atomic E-state index is 0.769. The lowest BCUT2D eigenvalue weighted by molar-refractivity contribution is 0.278. The molecule has 3 saturated carbocycles. The summed E-state index contributed by atoms with van der Waals surface area (Å²) >= 11 is 0. The van der Waals surface area contributed by atoms with Gasteiger partial charge in [0.25, 0.3) is 0 Å². The molecule has 3 aliphatic carbocycles. The number of aryl methyl sites for hydroxylation is 16. The number of benzene rings is 9. The van der Waals surface area contributed by atoms with Crippen molar-refractivity contribution in [2.24, 2.45) is 23.7 Å². The van der Waals surface area contributed by atoms with Gasteiger partial charge in [0.05, 0.1) is 0 Å². The summed E-state index contributed by atoms with van der Waals surface area (Å²) in [6.45, 7) is 27.3. The van der Waals surface area contributed by atoms with Gasteiger partial charge in [-0.15, -0.1) is 0 Å². The van der Waals surface area contributed by atoms with Crippen LogP contribution in [0.5, 0.6) is 0 Å². The number of rotatable bonds is 21. The largest absolute Gasteiger partial charge is 0.0625 e. The predicted octanol–water partition coefficient (Wildman–Crippen LogP) is 27.1. The molecule has 504 valence electrons. The van der Waals surface area contributed by atoms with Gasteiger partial charge in [0, 0.05) is 0 Å². The van der Waals surface area contributed by atoms with E-state index in [1.165, 1.54) is 258 Å². The highest BCUT2D eigenvalue weighted by Gasteiger charge is 2.23. The maximum atomic E-state index is 2.49. The van der Waals surface area contributed by atoms with Gasteiger partial charge in [-0.25, -0.2) is 0 Å². The molecule has 0 bridgehead atoms. The Hall–Kier alpha value is -7.02. The van der Waals surface area contributed by atoms with Gasteiger partial charge in [0.15, 0.2) is 0 Å². The average Bonchev–Trinajstić information content (AvgIpc) is 0.898. The molecule has 0 radical (unpaired) electrons. The monoisotopic (exact) mass is 1270 g/mol. The van der Waals surface area contributed by atoms with Gasteiger partial charge in [0.2, 0.25) is 0 Å². The molecular weight excluding hydrogens is 1150 g/mol. The zero-order chi connectivity index (χ0) is 67.5. The first-order valence-corrected chi connectivity index (χ1v) is 38.2. The van der Waals surface area contributed by atoms with Crippen LogP contribution in [-0.4, -0.2) is 0 Å². The molecule has 0 aliphatic heterocycles. The Labute approximate surface area is 584 Å². The van der Waals surface area contributed by atoms with Crippen LogP contribution < -0.4 is 0 Å². The fraction of sp³-hybridized carbons (Fsp3) is 0.438. The lowest BCUT2D eigenvalue weighted by atomic mass is 9.79. The topological polar surface area (TPSA) is 0 Å². The SMILES string of the molecule is Cc1ccc(-c2ccc(CCCCc3ccc(C4CCC(C)CC4)cc3C)cc2)c(C)c1.Cc1ccc(CCCCc2ccc(-c3ccc(C4CCC(C)CC4)cc3C)cc2)c(C)c1.Cc1ccc(CCc2ccc(-c3ccc(CCC4CCC(C)CC4)cc3C)cc2)c(C)c1. The summed E-state index contributed by atoms with van der Waals surface area (Å²) < 4.78 is 0. The molecule has 96 heavy (non-hydrogen) atoms. The standard InChI is InChI=1S/3C32H40/c1-23-5-8-27(9-6-23)10-11-29-15-20-32(26(4)22-29)31-18-13-28(14-19-31)12-17-30-16-7-24(2)21-25(30)3;1-23-9-15-29(16-10-23)31-19-20-32(26(4)22-31)30-17-12-27(13-18-30)7-5-6-8-28-14-11-24(2)21-25(28)3;1-23-9-14-29(15-10-23)31-19-18-28(25(3)22-31)8-6-5-7-27-12-16-30(17-13-27)32-20-11-24(2)21-26(32)4/h7,13-16,18-23,27H,5-6,8-12,17H2,1-4H3;11-14,17-23,29H,5-10,15-16H2,1-4H3;11-13,16-23,29H,5-10,14-15H2,1-4H3. The van der Waals surface area contributed by atoms with E-state index in [1.807, 2.05) is 0 Å². The van der Waals surface area contributed by atoms with Crippen LogP contribution in [-0.2, 0) is 44.9 Å². The smallest absolute Gasteiger partial charge is 0.0155 e. The van der Waals surface area contributed by atoms with E-state index in [0.717, 1.165) is 48.3 Å². The molecule has 0 aromatic heterocycles. The second-order valence-corrected chi connectivity index (χ2v) is 31.2. The quantitative estimate of drug-likeness (QED) is 0.0629. The molecule has 0 nitrogen and oxygen atoms in total. The van der Waals surface area contributed by atoms with Crippen LogP contribution in [0, 0.1) is 86.0 Å². The zero-order valence-electron chi connectivity index (χ0n) is 61.8. The van der Waals surface area contributed by atoms with Crippen LogP contribution in [0.25, 0.3) is 33.4 Å². The molecule has 0 amide bonds. The summed E-state index contributed by atoms with van der Waals surface area (Å²) in [5, 5.41) is 0. The van der Waals surface area contributed by atoms with Crippen molar-refractivity contribution in [2.45, 2.75) is 249 Å². The van der Waals surface area contributed by atoms with Crippen LogP contribution in [0.15, 0.2) is 182 Å². The maximum absolute atomic E-state index is 2.49. The first kappa shape index (κ1) is 71.7. The fourth-order valence-electron chi connectivity index (χ4n) is 16.4. The third kappa shape index (κ3) is 21.0. The van der Waals surface area contributed by atoms with E-state index in [2.05, 4.69) is 265 Å². The van der Waals surface area contributed by atoms with Crippen LogP contribution in [0.1, 0.15) is 242 Å². The zero-order valence-corrected chi connectivity index (χ0v) is 61.8. The van der Waals surface area contributed by atoms with E-state index in [4.69, 9.17) is 0 Å². The van der Waals surface area contributed by atoms with Gasteiger partial charge >= 0.3 is 0 Å². The summed E-state index contributed by atoms with van der Waals surface area (Å²) in [4.78, 5) is 0. The Balaban J connectivity index is 0.000000157. The molecule has 0 saturated heterocycles. The number of hydrogen-bond donors (Lipinski definition) is 0. The fourth-order valence-corrected chi connectivity index (χ4v) is 16.4. The van der Waals surface area contributed by atoms with Crippen molar-refractivity contribution < 1.29 is 0 Å². The van der Waals surface area contributed by atoms with Crippen molar-refractivity contribution in [3.63, 3.8) is 0 Å². The van der Waals surface area contributed by atoms with E-state index in [9.17, 15) is 0 Å². The van der Waals surface area contributed by atoms with Crippen molar-refractivity contribution in [1.29, 1.82) is 0 Å². The molecule has 0 heteroatoms. The molecular formula is C96H120. The maximum Gasteiger partial charge on any atom is -0.0155 e. The average molecular weight is 1270 g/mol. The summed E-state index contributed by atoms with van der Waals surface area (Å²) in [5.74, 6) is 5.30. The first-order chi connectivity index (χ1) is 46.5. The minimum Gasteiger partial charge on any atom is -0.0625 e. The molecule has 3 fully saturated rings. The Kier molecular flexibility index (Phi) is 26.5. The third-order valence-electron chi connectivity index (χ3n) is 23.0. The highest BCUT2D eigenvalue weighted by atomic mass is 14.3. The lowest BCUT2D eigenvalue weighted by Crippen LogP contribution is -2.12. The van der Waals surface area contributed by atoms with Crippen LogP contribution in [0.4, 0.5) is 0 Å². The van der Waals surface area contributed by atoms with E-state index >= 15 is 0 Å². The van der Waals surface area contributed by atoms with Crippen LogP contribution in [0.2, 0.25) is 0 Å². The molecule has 3 aliphatic rings. The van der Waals surface area contributed by atoms with Gasteiger partial charge in [-0.2, -0.15) is 0 Å². The summed E-state index contributed by atoms with van der Waals surface area (Å²) in [7, 11) is 0. The summed E-state index contributed by atoms with van der Waals surface area (Å²) in [6, 6.07) is 69.9. The molecule has 0 unspecified atom stereocenters. The molecule has 0 heterocycles. The van der Waals surface area contributed by atoms with Crippen molar-refractivity contribution in [1.82, 2.24) is 0 Å². The van der Waals surface area contributed by atoms with E-state index in [-0.39, 0.29) is 0 Å². The van der Waals surface area contributed by atoms with E-state index in [1.54, 1.807) is 16.7 Å². The predicted molar refractivity (Wildman–Crippen MR) is 418 cm³/mol. The molecule has 0 N–H and O–H groups in total. The van der Waals surface area contributed by atoms with Crippen LogP contribution >= 0.6 is 0 Å². The number of hydrogen-bond acceptors (Lipinski definition) is 0. The lowest BCUT2D eigenvalue weighted by Gasteiger charge is -2.27. The van der Waals surface area contributed by atoms with Crippen molar-refractivity contribution in [3.05, 3.63) is 282 Å². The van der Waals surface area contributed by atoms with E-state index < -0.39 is 0 Å². The van der Waals surface area contributed by atoms with Gasteiger partial charge in [-0.05, 0) is 317 Å². The van der Waals surface area contributed by atoms with Gasteiger partial charge < -0.3 is 0 Å². The normalized spacial score (nSPS) is 18.6. The van der Waals surface area contributed by atoms with Crippen molar-refractivity contribution >= 4 is 0 Å².